The Morgan fingerprint density at radius 3 is 2.30 bits per heavy atom. The molecule has 0 saturated heterocycles. The number of hydrogen-bond donors (Lipinski definition) is 4. The summed E-state index contributed by atoms with van der Waals surface area (Å²) in [5, 5.41) is 11.1. The van der Waals surface area contributed by atoms with E-state index in [1.54, 1.807) is 6.08 Å². The van der Waals surface area contributed by atoms with Crippen LogP contribution in [0.3, 0.4) is 0 Å². The fourth-order valence-electron chi connectivity index (χ4n) is 4.23. The lowest BCUT2D eigenvalue weighted by Crippen LogP contribution is -2.50. The number of aryl methyl sites for hydroxylation is 1. The maximum Gasteiger partial charge on any atom is 0.407 e. The Bertz CT molecular complexity index is 1130. The summed E-state index contributed by atoms with van der Waals surface area (Å²) in [5.41, 5.74) is 2.00. The van der Waals surface area contributed by atoms with Gasteiger partial charge in [0, 0.05) is 25.9 Å². The van der Waals surface area contributed by atoms with Crippen molar-refractivity contribution in [2.24, 2.45) is 0 Å². The van der Waals surface area contributed by atoms with Crippen LogP contribution in [0.25, 0.3) is 0 Å². The molecule has 0 spiro atoms. The Hall–Kier alpha value is -4.18. The molecular weight excluding hydrogens is 512 g/mol. The van der Waals surface area contributed by atoms with Crippen LogP contribution in [0.1, 0.15) is 30.9 Å². The van der Waals surface area contributed by atoms with Crippen LogP contribution in [0.15, 0.2) is 72.8 Å². The minimum Gasteiger partial charge on any atom is -0.447 e. The third-order valence-electron chi connectivity index (χ3n) is 6.25. The molecule has 4 N–H and O–H groups in total. The number of carbonyl (C=O) groups is 4. The second-order valence-corrected chi connectivity index (χ2v) is 9.48. The molecular formula is C30H38N4O6. The number of nitrogens with one attached hydrogen (secondary N) is 4. The van der Waals surface area contributed by atoms with Gasteiger partial charge in [0.15, 0.2) is 0 Å². The molecule has 0 saturated carbocycles. The molecule has 0 bridgehead atoms. The van der Waals surface area contributed by atoms with Gasteiger partial charge in [-0.2, -0.15) is 0 Å². The van der Waals surface area contributed by atoms with Gasteiger partial charge in [-0.3, -0.25) is 14.4 Å². The molecule has 1 heterocycles. The molecule has 10 nitrogen and oxygen atoms in total. The van der Waals surface area contributed by atoms with Crippen LogP contribution in [0.2, 0.25) is 0 Å². The summed E-state index contributed by atoms with van der Waals surface area (Å²) >= 11 is 0. The van der Waals surface area contributed by atoms with Crippen LogP contribution in [0, 0.1) is 0 Å². The lowest BCUT2D eigenvalue weighted by atomic mass is 10.0. The highest BCUT2D eigenvalue weighted by Gasteiger charge is 2.24. The number of hydrogen-bond acceptors (Lipinski definition) is 6. The van der Waals surface area contributed by atoms with Gasteiger partial charge in [-0.05, 0) is 30.4 Å². The fourth-order valence-corrected chi connectivity index (χ4v) is 4.23. The van der Waals surface area contributed by atoms with E-state index in [2.05, 4.69) is 21.3 Å². The Balaban J connectivity index is 1.82. The number of carbonyl (C=O) groups excluding carboxylic acids is 4. The van der Waals surface area contributed by atoms with Gasteiger partial charge in [0.1, 0.15) is 18.7 Å². The van der Waals surface area contributed by atoms with E-state index in [0.29, 0.717) is 12.8 Å². The van der Waals surface area contributed by atoms with Crippen LogP contribution >= 0.6 is 0 Å². The Morgan fingerprint density at radius 1 is 0.900 bits per heavy atom. The van der Waals surface area contributed by atoms with E-state index in [1.165, 1.54) is 6.92 Å². The van der Waals surface area contributed by atoms with E-state index in [1.807, 2.05) is 66.7 Å². The summed E-state index contributed by atoms with van der Waals surface area (Å²) in [7, 11) is 0. The number of cyclic esters (lactones) is 1. The van der Waals surface area contributed by atoms with E-state index in [4.69, 9.17) is 9.47 Å². The summed E-state index contributed by atoms with van der Waals surface area (Å²) in [6, 6.07) is 17.3. The normalized spacial score (nSPS) is 22.3. The van der Waals surface area contributed by atoms with Crippen molar-refractivity contribution in [2.75, 3.05) is 26.4 Å². The van der Waals surface area contributed by atoms with Crippen molar-refractivity contribution < 1.29 is 28.7 Å². The Kier molecular flexibility index (Phi) is 12.7. The van der Waals surface area contributed by atoms with E-state index < -0.39 is 24.2 Å². The molecule has 40 heavy (non-hydrogen) atoms. The first-order valence-electron chi connectivity index (χ1n) is 13.5. The molecule has 0 aliphatic carbocycles. The average molecular weight is 551 g/mol. The summed E-state index contributed by atoms with van der Waals surface area (Å²) in [6.45, 7) is 1.91. The summed E-state index contributed by atoms with van der Waals surface area (Å²) in [5.74, 6) is -1.03. The van der Waals surface area contributed by atoms with Crippen molar-refractivity contribution >= 4 is 23.8 Å². The molecule has 3 atom stereocenters. The molecule has 214 valence electrons. The van der Waals surface area contributed by atoms with Gasteiger partial charge in [0.2, 0.25) is 17.7 Å². The first-order chi connectivity index (χ1) is 19.4. The second-order valence-electron chi connectivity index (χ2n) is 9.48. The average Bonchev–Trinajstić information content (AvgIpc) is 2.94. The van der Waals surface area contributed by atoms with Gasteiger partial charge >= 0.3 is 6.09 Å². The number of alkyl carbamates (subject to hydrolysis) is 1. The molecule has 10 heteroatoms. The predicted octanol–water partition coefficient (Wildman–Crippen LogP) is 2.04. The zero-order valence-corrected chi connectivity index (χ0v) is 22.8. The molecule has 0 unspecified atom stereocenters. The van der Waals surface area contributed by atoms with Crippen LogP contribution in [0.5, 0.6) is 0 Å². The van der Waals surface area contributed by atoms with Gasteiger partial charge in [-0.1, -0.05) is 72.8 Å². The minimum atomic E-state index is -0.875. The van der Waals surface area contributed by atoms with Gasteiger partial charge in [-0.25, -0.2) is 4.79 Å². The largest absolute Gasteiger partial charge is 0.447 e. The predicted molar refractivity (Wildman–Crippen MR) is 150 cm³/mol. The SMILES string of the molecule is CC(=O)N[C@H]1C/C=C/[C@H](CCc2ccccc2)NC(=O)[C@H](Cc2ccccc2)NC(=O)OCCOCCNC1=O. The lowest BCUT2D eigenvalue weighted by molar-refractivity contribution is -0.128. The summed E-state index contributed by atoms with van der Waals surface area (Å²) < 4.78 is 10.6. The topological polar surface area (TPSA) is 135 Å². The minimum absolute atomic E-state index is 0.0174. The maximum atomic E-state index is 13.5. The highest BCUT2D eigenvalue weighted by atomic mass is 16.6. The monoisotopic (exact) mass is 550 g/mol. The molecule has 0 fully saturated rings. The van der Waals surface area contributed by atoms with Crippen molar-refractivity contribution in [1.29, 1.82) is 0 Å². The first kappa shape index (κ1) is 30.4. The van der Waals surface area contributed by atoms with Crippen molar-refractivity contribution in [2.45, 2.75) is 50.7 Å². The van der Waals surface area contributed by atoms with Gasteiger partial charge in [0.05, 0.1) is 13.2 Å². The quantitative estimate of drug-likeness (QED) is 0.407. The van der Waals surface area contributed by atoms with Crippen LogP contribution < -0.4 is 21.3 Å². The van der Waals surface area contributed by atoms with Gasteiger partial charge < -0.3 is 30.7 Å². The van der Waals surface area contributed by atoms with Crippen LogP contribution in [0.4, 0.5) is 4.79 Å². The Labute approximate surface area is 234 Å². The molecule has 2 aromatic rings. The van der Waals surface area contributed by atoms with Crippen molar-refractivity contribution in [3.8, 4) is 0 Å². The van der Waals surface area contributed by atoms with Gasteiger partial charge in [-0.15, -0.1) is 0 Å². The standard InChI is InChI=1S/C30H38N4O6/c1-22(35)32-26-14-8-13-25(16-15-23-9-4-2-5-10-23)33-29(37)27(21-24-11-6-3-7-12-24)34-30(38)40-20-19-39-18-17-31-28(26)36/h2-13,25-27H,14-21H2,1H3,(H,31,36)(H,32,35)(H,33,37)(H,34,38)/b13-8+/t25-,26+,27+/m1/s1. The van der Waals surface area contributed by atoms with Gasteiger partial charge in [0.25, 0.3) is 0 Å². The van der Waals surface area contributed by atoms with E-state index >= 15 is 0 Å². The van der Waals surface area contributed by atoms with E-state index in [-0.39, 0.29) is 56.9 Å². The summed E-state index contributed by atoms with van der Waals surface area (Å²) in [4.78, 5) is 50.4. The van der Waals surface area contributed by atoms with Crippen LogP contribution in [-0.4, -0.2) is 68.3 Å². The maximum absolute atomic E-state index is 13.5. The third kappa shape index (κ3) is 11.3. The van der Waals surface area contributed by atoms with Crippen molar-refractivity contribution in [1.82, 2.24) is 21.3 Å². The number of benzene rings is 2. The lowest BCUT2D eigenvalue weighted by Gasteiger charge is -2.23. The molecule has 2 aromatic carbocycles. The molecule has 0 radical (unpaired) electrons. The molecule has 1 aliphatic rings. The smallest absolute Gasteiger partial charge is 0.407 e. The fraction of sp³-hybridized carbons (Fsp3) is 0.400. The molecule has 4 amide bonds. The number of ether oxygens (including phenoxy) is 2. The molecule has 1 aliphatic heterocycles. The third-order valence-corrected chi connectivity index (χ3v) is 6.25. The number of rotatable bonds is 6. The highest BCUT2D eigenvalue weighted by Crippen LogP contribution is 2.10. The van der Waals surface area contributed by atoms with Crippen molar-refractivity contribution in [3.63, 3.8) is 0 Å². The van der Waals surface area contributed by atoms with E-state index in [0.717, 1.165) is 11.1 Å². The number of amides is 4. The highest BCUT2D eigenvalue weighted by molar-refractivity contribution is 5.87. The Morgan fingerprint density at radius 2 is 1.60 bits per heavy atom. The van der Waals surface area contributed by atoms with E-state index in [9.17, 15) is 19.2 Å². The second kappa shape index (κ2) is 16.7. The zero-order valence-electron chi connectivity index (χ0n) is 22.8. The zero-order chi connectivity index (χ0) is 28.6. The van der Waals surface area contributed by atoms with Crippen LogP contribution in [-0.2, 0) is 36.7 Å². The first-order valence-corrected chi connectivity index (χ1v) is 13.5. The molecule has 3 rings (SSSR count). The summed E-state index contributed by atoms with van der Waals surface area (Å²) in [6.07, 6.45) is 4.69. The van der Waals surface area contributed by atoms with Crippen molar-refractivity contribution in [3.05, 3.63) is 83.9 Å². The molecule has 0 aromatic heterocycles.